The summed E-state index contributed by atoms with van der Waals surface area (Å²) in [5, 5.41) is 3.39. The van der Waals surface area contributed by atoms with E-state index in [1.165, 1.54) is 0 Å². The minimum absolute atomic E-state index is 0.236. The molecule has 0 spiro atoms. The average Bonchev–Trinajstić information content (AvgIpc) is 2.95. The quantitative estimate of drug-likeness (QED) is 0.467. The molecule has 5 nitrogen and oxygen atoms in total. The van der Waals surface area contributed by atoms with Crippen LogP contribution in [0.1, 0.15) is 23.7 Å². The minimum Gasteiger partial charge on any atom is -0.369 e. The predicted molar refractivity (Wildman–Crippen MR) is 117 cm³/mol. The van der Waals surface area contributed by atoms with Crippen molar-refractivity contribution < 1.29 is 4.79 Å². The summed E-state index contributed by atoms with van der Waals surface area (Å²) in [5.41, 5.74) is 9.07. The fourth-order valence-electron chi connectivity index (χ4n) is 2.73. The van der Waals surface area contributed by atoms with Gasteiger partial charge in [-0.25, -0.2) is 9.97 Å². The topological polar surface area (TPSA) is 80.9 Å². The molecule has 3 rings (SSSR count). The first-order valence-electron chi connectivity index (χ1n) is 8.34. The van der Waals surface area contributed by atoms with Crippen molar-refractivity contribution in [2.45, 2.75) is 26.7 Å². The number of thiophene rings is 1. The van der Waals surface area contributed by atoms with Crippen molar-refractivity contribution in [3.05, 3.63) is 55.4 Å². The van der Waals surface area contributed by atoms with E-state index in [0.29, 0.717) is 5.82 Å². The van der Waals surface area contributed by atoms with E-state index in [2.05, 4.69) is 49.1 Å². The van der Waals surface area contributed by atoms with Gasteiger partial charge in [-0.05, 0) is 69.0 Å². The number of aromatic nitrogens is 2. The van der Waals surface area contributed by atoms with E-state index in [4.69, 9.17) is 10.7 Å². The van der Waals surface area contributed by atoms with Crippen molar-refractivity contribution in [3.8, 4) is 10.7 Å². The highest BCUT2D eigenvalue weighted by atomic mass is 79.9. The maximum absolute atomic E-state index is 11.0. The highest BCUT2D eigenvalue weighted by Gasteiger charge is 2.15. The van der Waals surface area contributed by atoms with Crippen LogP contribution < -0.4 is 11.1 Å². The number of primary amides is 1. The van der Waals surface area contributed by atoms with Crippen LogP contribution in [0.4, 0.5) is 11.5 Å². The molecule has 0 aliphatic heterocycles. The Hall–Kier alpha value is -1.77. The fourth-order valence-corrected chi connectivity index (χ4v) is 4.70. The van der Waals surface area contributed by atoms with Crippen molar-refractivity contribution >= 4 is 60.6 Å². The van der Waals surface area contributed by atoms with Crippen molar-refractivity contribution in [1.29, 1.82) is 0 Å². The Morgan fingerprint density at radius 2 is 1.93 bits per heavy atom. The Balaban J connectivity index is 1.94. The second kappa shape index (κ2) is 8.50. The van der Waals surface area contributed by atoms with Gasteiger partial charge >= 0.3 is 0 Å². The second-order valence-electron chi connectivity index (χ2n) is 6.01. The third kappa shape index (κ3) is 4.75. The zero-order chi connectivity index (χ0) is 19.6. The van der Waals surface area contributed by atoms with E-state index in [1.807, 2.05) is 37.3 Å². The molecule has 3 N–H and O–H groups in total. The molecule has 2 aromatic heterocycles. The molecule has 0 saturated heterocycles. The van der Waals surface area contributed by atoms with E-state index in [0.717, 1.165) is 47.9 Å². The van der Waals surface area contributed by atoms with Gasteiger partial charge in [-0.1, -0.05) is 19.1 Å². The SMILES string of the molecule is CCc1c(C)nc(-c2cc(Br)c(Br)s2)nc1Nc1ccc(CC(N)=O)cc1. The molecule has 0 aliphatic rings. The molecule has 0 bridgehead atoms. The van der Waals surface area contributed by atoms with E-state index in [-0.39, 0.29) is 12.3 Å². The molecule has 1 amide bonds. The Morgan fingerprint density at radius 3 is 2.48 bits per heavy atom. The lowest BCUT2D eigenvalue weighted by atomic mass is 10.1. The fraction of sp³-hybridized carbons (Fsp3) is 0.211. The molecule has 2 heterocycles. The first-order chi connectivity index (χ1) is 12.9. The molecule has 3 aromatic rings. The first-order valence-corrected chi connectivity index (χ1v) is 10.7. The van der Waals surface area contributed by atoms with Gasteiger partial charge in [0.1, 0.15) is 5.82 Å². The maximum Gasteiger partial charge on any atom is 0.221 e. The molecular formula is C19H18Br2N4OS. The van der Waals surface area contributed by atoms with Gasteiger partial charge < -0.3 is 11.1 Å². The Morgan fingerprint density at radius 1 is 1.22 bits per heavy atom. The van der Waals surface area contributed by atoms with Gasteiger partial charge in [-0.3, -0.25) is 4.79 Å². The van der Waals surface area contributed by atoms with E-state index in [1.54, 1.807) is 11.3 Å². The standard InChI is InChI=1S/C19H18Br2N4OS/c1-3-13-10(2)23-19(15-9-14(20)17(21)27-15)25-18(13)24-12-6-4-11(5-7-12)8-16(22)26/h4-7,9H,3,8H2,1-2H3,(H2,22,26)(H,23,24,25). The van der Waals surface area contributed by atoms with Gasteiger partial charge in [-0.15, -0.1) is 11.3 Å². The Labute approximate surface area is 178 Å². The van der Waals surface area contributed by atoms with Gasteiger partial charge in [0.2, 0.25) is 5.91 Å². The van der Waals surface area contributed by atoms with Crippen LogP contribution in [-0.2, 0) is 17.6 Å². The number of halogens is 2. The molecule has 1 aromatic carbocycles. The zero-order valence-electron chi connectivity index (χ0n) is 14.8. The average molecular weight is 510 g/mol. The first kappa shape index (κ1) is 20.0. The molecule has 140 valence electrons. The number of nitrogens with zero attached hydrogens (tertiary/aromatic N) is 2. The van der Waals surface area contributed by atoms with Crippen LogP contribution in [0.25, 0.3) is 10.7 Å². The van der Waals surface area contributed by atoms with Crippen molar-refractivity contribution in [3.63, 3.8) is 0 Å². The summed E-state index contributed by atoms with van der Waals surface area (Å²) in [5.74, 6) is 1.14. The largest absolute Gasteiger partial charge is 0.369 e. The van der Waals surface area contributed by atoms with Crippen molar-refractivity contribution in [1.82, 2.24) is 9.97 Å². The Bertz CT molecular complexity index is 967. The van der Waals surface area contributed by atoms with Gasteiger partial charge in [0.05, 0.1) is 15.1 Å². The zero-order valence-corrected chi connectivity index (χ0v) is 18.8. The molecule has 8 heteroatoms. The lowest BCUT2D eigenvalue weighted by molar-refractivity contribution is -0.117. The summed E-state index contributed by atoms with van der Waals surface area (Å²) in [6.45, 7) is 4.09. The second-order valence-corrected chi connectivity index (χ2v) is 9.24. The Kier molecular flexibility index (Phi) is 6.29. The number of rotatable bonds is 6. The molecule has 27 heavy (non-hydrogen) atoms. The summed E-state index contributed by atoms with van der Waals surface area (Å²) in [4.78, 5) is 21.5. The summed E-state index contributed by atoms with van der Waals surface area (Å²) in [6, 6.07) is 9.64. The number of carbonyl (C=O) groups is 1. The van der Waals surface area contributed by atoms with Crippen molar-refractivity contribution in [2.75, 3.05) is 5.32 Å². The van der Waals surface area contributed by atoms with Gasteiger partial charge in [0, 0.05) is 21.4 Å². The number of hydrogen-bond acceptors (Lipinski definition) is 5. The number of amides is 1. The number of nitrogens with two attached hydrogens (primary N) is 1. The number of hydrogen-bond donors (Lipinski definition) is 2. The lowest BCUT2D eigenvalue weighted by Gasteiger charge is -2.14. The van der Waals surface area contributed by atoms with Gasteiger partial charge in [-0.2, -0.15) is 0 Å². The highest BCUT2D eigenvalue weighted by Crippen LogP contribution is 2.38. The van der Waals surface area contributed by atoms with E-state index < -0.39 is 0 Å². The number of benzene rings is 1. The van der Waals surface area contributed by atoms with Crippen molar-refractivity contribution in [2.24, 2.45) is 5.73 Å². The molecule has 0 saturated carbocycles. The number of aryl methyl sites for hydroxylation is 1. The van der Waals surface area contributed by atoms with Gasteiger partial charge in [0.25, 0.3) is 0 Å². The predicted octanol–water partition coefficient (Wildman–Crippen LogP) is 5.37. The van der Waals surface area contributed by atoms with Crippen LogP contribution in [0.3, 0.4) is 0 Å². The smallest absolute Gasteiger partial charge is 0.221 e. The monoisotopic (exact) mass is 508 g/mol. The molecule has 0 atom stereocenters. The van der Waals surface area contributed by atoms with E-state index >= 15 is 0 Å². The summed E-state index contributed by atoms with van der Waals surface area (Å²) in [6.07, 6.45) is 1.06. The minimum atomic E-state index is -0.340. The third-order valence-corrected chi connectivity index (χ3v) is 7.28. The molecule has 0 aliphatic carbocycles. The van der Waals surface area contributed by atoms with Crippen LogP contribution in [0.15, 0.2) is 38.6 Å². The van der Waals surface area contributed by atoms with Crippen LogP contribution >= 0.6 is 43.2 Å². The maximum atomic E-state index is 11.0. The summed E-state index contributed by atoms with van der Waals surface area (Å²) >= 11 is 8.62. The molecular weight excluding hydrogens is 492 g/mol. The summed E-state index contributed by atoms with van der Waals surface area (Å²) in [7, 11) is 0. The lowest BCUT2D eigenvalue weighted by Crippen LogP contribution is -2.13. The number of nitrogens with one attached hydrogen (secondary N) is 1. The third-order valence-electron chi connectivity index (χ3n) is 4.03. The normalized spacial score (nSPS) is 10.8. The van der Waals surface area contributed by atoms with Crippen LogP contribution in [0.2, 0.25) is 0 Å². The molecule has 0 unspecified atom stereocenters. The van der Waals surface area contributed by atoms with Crippen LogP contribution in [0.5, 0.6) is 0 Å². The van der Waals surface area contributed by atoms with Crippen LogP contribution in [0, 0.1) is 6.92 Å². The van der Waals surface area contributed by atoms with Crippen LogP contribution in [-0.4, -0.2) is 15.9 Å². The highest BCUT2D eigenvalue weighted by molar-refractivity contribution is 9.13. The molecule has 0 fully saturated rings. The molecule has 0 radical (unpaired) electrons. The van der Waals surface area contributed by atoms with Gasteiger partial charge in [0.15, 0.2) is 5.82 Å². The number of carbonyl (C=O) groups excluding carboxylic acids is 1. The van der Waals surface area contributed by atoms with E-state index in [9.17, 15) is 4.79 Å². The summed E-state index contributed by atoms with van der Waals surface area (Å²) < 4.78 is 2.00. The number of anilines is 2.